The lowest BCUT2D eigenvalue weighted by Gasteiger charge is -2.65. The van der Waals surface area contributed by atoms with Crippen molar-refractivity contribution in [1.82, 2.24) is 5.32 Å². The Hall–Kier alpha value is -4.18. The van der Waals surface area contributed by atoms with Gasteiger partial charge in [-0.05, 0) is 56.9 Å². The molecular formula is C41H51NO13. The molecule has 1 heterocycles. The standard InChI is InChI=1S/C41H51NO13/c1-22-26-18-40(50,19-27(22)53-36(48)32(46)30(25-15-11-8-12-16-25)42-37(49)55-38(3,4)5)35(51-20-24-13-9-7-10-14-24)33-39(6,34(47)31(26)45)28(44)17-29-41(33,21-52-29)54-23(2)43/h7-16,27-33,35,44-46,50H,17-21H2,1-6H3,(H,42,49)/t27-,28-,29-,30-,31+,32-,33?,35?,39+,40+,41-/m0/s1. The molecule has 14 nitrogen and oxygen atoms in total. The van der Waals surface area contributed by atoms with Gasteiger partial charge in [0.1, 0.15) is 23.9 Å². The van der Waals surface area contributed by atoms with E-state index in [1.54, 1.807) is 58.0 Å². The van der Waals surface area contributed by atoms with Crippen LogP contribution in [0, 0.1) is 11.3 Å². The molecule has 2 unspecified atom stereocenters. The molecule has 2 bridgehead atoms. The molecule has 1 saturated heterocycles. The van der Waals surface area contributed by atoms with Crippen molar-refractivity contribution >= 4 is 23.8 Å². The van der Waals surface area contributed by atoms with Gasteiger partial charge in [-0.25, -0.2) is 9.59 Å². The van der Waals surface area contributed by atoms with Gasteiger partial charge < -0.3 is 49.4 Å². The van der Waals surface area contributed by atoms with Crippen LogP contribution in [-0.4, -0.2) is 104 Å². The van der Waals surface area contributed by atoms with Crippen molar-refractivity contribution in [3.8, 4) is 0 Å². The molecule has 2 aromatic carbocycles. The third-order valence-electron chi connectivity index (χ3n) is 11.6. The smallest absolute Gasteiger partial charge is 0.408 e. The predicted molar refractivity (Wildman–Crippen MR) is 194 cm³/mol. The Morgan fingerprint density at radius 2 is 1.67 bits per heavy atom. The third kappa shape index (κ3) is 7.55. The highest BCUT2D eigenvalue weighted by Crippen LogP contribution is 2.60. The summed E-state index contributed by atoms with van der Waals surface area (Å²) in [5.41, 5.74) is -4.82. The van der Waals surface area contributed by atoms with Crippen molar-refractivity contribution in [3.63, 3.8) is 0 Å². The summed E-state index contributed by atoms with van der Waals surface area (Å²) in [5, 5.41) is 50.6. The van der Waals surface area contributed by atoms with E-state index in [2.05, 4.69) is 5.32 Å². The summed E-state index contributed by atoms with van der Waals surface area (Å²) in [6.45, 7) is 9.03. The molecule has 3 fully saturated rings. The van der Waals surface area contributed by atoms with Crippen molar-refractivity contribution in [1.29, 1.82) is 0 Å². The van der Waals surface area contributed by atoms with Crippen LogP contribution in [0.2, 0.25) is 0 Å². The van der Waals surface area contributed by atoms with Gasteiger partial charge in [-0.1, -0.05) is 60.7 Å². The van der Waals surface area contributed by atoms with Gasteiger partial charge in [-0.2, -0.15) is 0 Å². The van der Waals surface area contributed by atoms with Gasteiger partial charge >= 0.3 is 18.0 Å². The van der Waals surface area contributed by atoms with E-state index < -0.39 is 94.6 Å². The zero-order valence-electron chi connectivity index (χ0n) is 31.9. The summed E-state index contributed by atoms with van der Waals surface area (Å²) in [6.07, 6.45) is -10.4. The van der Waals surface area contributed by atoms with Gasteiger partial charge in [0.15, 0.2) is 17.5 Å². The zero-order valence-corrected chi connectivity index (χ0v) is 31.9. The molecule has 3 aliphatic carbocycles. The van der Waals surface area contributed by atoms with Gasteiger partial charge in [0.05, 0.1) is 42.5 Å². The molecule has 2 aromatic rings. The number of amides is 1. The molecule has 298 valence electrons. The fourth-order valence-electron chi connectivity index (χ4n) is 8.84. The molecule has 55 heavy (non-hydrogen) atoms. The first kappa shape index (κ1) is 40.5. The Kier molecular flexibility index (Phi) is 11.1. The van der Waals surface area contributed by atoms with E-state index in [4.69, 9.17) is 23.7 Å². The van der Waals surface area contributed by atoms with Crippen LogP contribution in [0.1, 0.15) is 78.0 Å². The van der Waals surface area contributed by atoms with Crippen molar-refractivity contribution in [2.45, 2.75) is 127 Å². The number of carbonyl (C=O) groups is 4. The van der Waals surface area contributed by atoms with E-state index in [0.29, 0.717) is 5.56 Å². The molecule has 5 N–H and O–H groups in total. The normalized spacial score (nSPS) is 34.0. The van der Waals surface area contributed by atoms with Crippen molar-refractivity contribution < 1.29 is 63.3 Å². The number of aliphatic hydroxyl groups is 4. The van der Waals surface area contributed by atoms with Crippen LogP contribution >= 0.6 is 0 Å². The first-order chi connectivity index (χ1) is 25.8. The summed E-state index contributed by atoms with van der Waals surface area (Å²) >= 11 is 0. The van der Waals surface area contributed by atoms with Gasteiger partial charge in [0, 0.05) is 32.1 Å². The van der Waals surface area contributed by atoms with Crippen LogP contribution in [0.5, 0.6) is 0 Å². The van der Waals surface area contributed by atoms with E-state index in [-0.39, 0.29) is 43.6 Å². The van der Waals surface area contributed by atoms with E-state index in [1.165, 1.54) is 13.8 Å². The minimum atomic E-state index is -2.01. The van der Waals surface area contributed by atoms with Crippen molar-refractivity contribution in [2.75, 3.05) is 6.61 Å². The fourth-order valence-corrected chi connectivity index (χ4v) is 8.84. The molecule has 1 amide bonds. The number of hydrogen-bond acceptors (Lipinski definition) is 13. The first-order valence-electron chi connectivity index (χ1n) is 18.5. The molecule has 11 atom stereocenters. The molecule has 14 heteroatoms. The average molecular weight is 766 g/mol. The van der Waals surface area contributed by atoms with Crippen LogP contribution in [-0.2, 0) is 44.7 Å². The number of alkyl carbamates (subject to hydrolysis) is 1. The Bertz CT molecular complexity index is 1810. The number of hydrogen-bond donors (Lipinski definition) is 5. The Labute approximate surface area is 319 Å². The molecule has 0 radical (unpaired) electrons. The maximum atomic E-state index is 14.7. The van der Waals surface area contributed by atoms with Crippen molar-refractivity contribution in [2.24, 2.45) is 11.3 Å². The van der Waals surface area contributed by atoms with Gasteiger partial charge in [-0.3, -0.25) is 9.59 Å². The lowest BCUT2D eigenvalue weighted by Crippen LogP contribution is -2.80. The van der Waals surface area contributed by atoms with E-state index >= 15 is 0 Å². The van der Waals surface area contributed by atoms with Gasteiger partial charge in [0.25, 0.3) is 0 Å². The monoisotopic (exact) mass is 765 g/mol. The van der Waals surface area contributed by atoms with Crippen LogP contribution in [0.3, 0.4) is 0 Å². The largest absolute Gasteiger partial charge is 0.456 e. The number of nitrogens with one attached hydrogen (secondary N) is 1. The highest BCUT2D eigenvalue weighted by atomic mass is 16.6. The number of esters is 2. The highest BCUT2D eigenvalue weighted by molar-refractivity contribution is 5.93. The Morgan fingerprint density at radius 1 is 1.04 bits per heavy atom. The highest BCUT2D eigenvalue weighted by Gasteiger charge is 2.75. The summed E-state index contributed by atoms with van der Waals surface area (Å²) in [4.78, 5) is 54.2. The number of rotatable bonds is 9. The van der Waals surface area contributed by atoms with Gasteiger partial charge in [-0.15, -0.1) is 0 Å². The topological polar surface area (TPSA) is 207 Å². The zero-order chi connectivity index (χ0) is 40.1. The number of aliphatic hydroxyl groups excluding tert-OH is 3. The van der Waals surface area contributed by atoms with E-state index in [9.17, 15) is 39.6 Å². The number of fused-ring (bicyclic) bond motifs is 5. The SMILES string of the molecule is CC(=O)O[C@@]12CO[C@H]1C[C@H](O)[C@@]1(C)C(=O)[C@H](O)C3=C(C)[C@@H](OC(=O)[C@@H](O)[C@@H](NC(=O)OC(C)(C)C)c4ccccc4)C[C@](O)(C3)C(OCc3ccccc3)C12. The van der Waals surface area contributed by atoms with Crippen LogP contribution < -0.4 is 5.32 Å². The molecular weight excluding hydrogens is 714 g/mol. The molecule has 0 aromatic heterocycles. The second-order valence-electron chi connectivity index (χ2n) is 16.4. The maximum Gasteiger partial charge on any atom is 0.408 e. The molecule has 1 aliphatic heterocycles. The summed E-state index contributed by atoms with van der Waals surface area (Å²) in [7, 11) is 0. The summed E-state index contributed by atoms with van der Waals surface area (Å²) in [6, 6.07) is 16.0. The number of ketones is 1. The lowest BCUT2D eigenvalue weighted by molar-refractivity contribution is -0.346. The minimum absolute atomic E-state index is 0.0613. The fraction of sp³-hybridized carbons (Fsp3) is 0.561. The van der Waals surface area contributed by atoms with Crippen molar-refractivity contribution in [3.05, 3.63) is 82.9 Å². The summed E-state index contributed by atoms with van der Waals surface area (Å²) < 4.78 is 29.8. The number of carbonyl (C=O) groups excluding carboxylic acids is 4. The predicted octanol–water partition coefficient (Wildman–Crippen LogP) is 2.98. The number of Topliss-reactive ketones (excluding diaryl/α,β-unsaturated/α-hetero) is 1. The molecule has 0 spiro atoms. The molecule has 6 rings (SSSR count). The second kappa shape index (κ2) is 15.1. The van der Waals surface area contributed by atoms with Gasteiger partial charge in [0.2, 0.25) is 0 Å². The Morgan fingerprint density at radius 3 is 2.25 bits per heavy atom. The molecule has 2 saturated carbocycles. The van der Waals surface area contributed by atoms with E-state index in [0.717, 1.165) is 5.56 Å². The van der Waals surface area contributed by atoms with Crippen LogP contribution in [0.25, 0.3) is 0 Å². The maximum absolute atomic E-state index is 14.7. The van der Waals surface area contributed by atoms with Crippen LogP contribution in [0.15, 0.2) is 71.8 Å². The summed E-state index contributed by atoms with van der Waals surface area (Å²) in [5.74, 6) is -3.88. The minimum Gasteiger partial charge on any atom is -0.456 e. The number of benzene rings is 2. The second-order valence-corrected chi connectivity index (χ2v) is 16.4. The van der Waals surface area contributed by atoms with Crippen LogP contribution in [0.4, 0.5) is 4.79 Å². The van der Waals surface area contributed by atoms with E-state index in [1.807, 2.05) is 30.3 Å². The lowest BCUT2D eigenvalue weighted by atomic mass is 9.48. The Balaban J connectivity index is 1.41. The quantitative estimate of drug-likeness (QED) is 0.142. The number of ether oxygens (including phenoxy) is 5. The third-order valence-corrected chi connectivity index (χ3v) is 11.6. The first-order valence-corrected chi connectivity index (χ1v) is 18.5. The molecule has 4 aliphatic rings. The average Bonchev–Trinajstić information content (AvgIpc) is 3.12.